The number of rotatable bonds is 15. The first-order chi connectivity index (χ1) is 25.1. The largest absolute Gasteiger partial charge is 0.489 e. The molecule has 0 spiro atoms. The van der Waals surface area contributed by atoms with E-state index >= 15 is 0 Å². The second-order valence-electron chi connectivity index (χ2n) is 13.1. The van der Waals surface area contributed by atoms with Crippen LogP contribution in [0.4, 0.5) is 0 Å². The van der Waals surface area contributed by atoms with Gasteiger partial charge in [0, 0.05) is 12.0 Å². The summed E-state index contributed by atoms with van der Waals surface area (Å²) in [6.45, 7) is 3.01. The zero-order valence-corrected chi connectivity index (χ0v) is 28.8. The van der Waals surface area contributed by atoms with Gasteiger partial charge < -0.3 is 30.1 Å². The van der Waals surface area contributed by atoms with Crippen LogP contribution < -0.4 is 20.1 Å². The van der Waals surface area contributed by atoms with Crippen LogP contribution in [0.25, 0.3) is 21.5 Å². The van der Waals surface area contributed by atoms with E-state index in [1.165, 1.54) is 0 Å². The summed E-state index contributed by atoms with van der Waals surface area (Å²) in [5.41, 5.74) is -0.944. The standard InChI is InChI=1S/C41H39N3O8/c1-26(2)38(43-39(48)31-17-16-27-10-6-8-12-29(27)20-31)35-23-41(52-44-35,25-51-32-14-4-3-5-15-32)40(49)42-34(22-37(46)47)36(45)24-50-33-19-18-28-11-7-9-13-30(28)21-33/h3-21,26,34,38H,22-25H2,1-2H3,(H,42,49)(H,43,48)(H,46,47). The molecule has 3 atom stereocenters. The van der Waals surface area contributed by atoms with Crippen molar-refractivity contribution in [2.45, 2.75) is 44.4 Å². The number of carboxylic acid groups (broad SMARTS) is 1. The maximum Gasteiger partial charge on any atom is 0.305 e. The number of para-hydroxylation sites is 1. The predicted molar refractivity (Wildman–Crippen MR) is 196 cm³/mol. The molecular weight excluding hydrogens is 662 g/mol. The van der Waals surface area contributed by atoms with Gasteiger partial charge in [0.15, 0.2) is 5.78 Å². The average Bonchev–Trinajstić information content (AvgIpc) is 3.60. The van der Waals surface area contributed by atoms with Gasteiger partial charge >= 0.3 is 5.97 Å². The molecule has 0 radical (unpaired) electrons. The fourth-order valence-corrected chi connectivity index (χ4v) is 6.06. The zero-order chi connectivity index (χ0) is 36.7. The third-order valence-electron chi connectivity index (χ3n) is 8.93. The van der Waals surface area contributed by atoms with E-state index < -0.39 is 48.4 Å². The summed E-state index contributed by atoms with van der Waals surface area (Å²) in [5, 5.41) is 23.4. The van der Waals surface area contributed by atoms with Crippen LogP contribution in [-0.2, 0) is 19.2 Å². The molecule has 1 aliphatic rings. The number of benzene rings is 5. The highest BCUT2D eigenvalue weighted by Gasteiger charge is 2.50. The molecule has 11 nitrogen and oxygen atoms in total. The molecule has 0 fully saturated rings. The summed E-state index contributed by atoms with van der Waals surface area (Å²) in [4.78, 5) is 58.8. The molecule has 0 bridgehead atoms. The SMILES string of the molecule is CC(C)C(NC(=O)c1ccc2ccccc2c1)C1=NOC(COc2ccccc2)(C(=O)NC(CC(=O)O)C(=O)COc2ccc3ccccc3c2)C1. The van der Waals surface area contributed by atoms with Crippen molar-refractivity contribution in [3.63, 3.8) is 0 Å². The Balaban J connectivity index is 1.19. The summed E-state index contributed by atoms with van der Waals surface area (Å²) >= 11 is 0. The summed E-state index contributed by atoms with van der Waals surface area (Å²) < 4.78 is 11.7. The lowest BCUT2D eigenvalue weighted by Crippen LogP contribution is -2.57. The van der Waals surface area contributed by atoms with Crippen molar-refractivity contribution < 1.29 is 38.6 Å². The highest BCUT2D eigenvalue weighted by atomic mass is 16.7. The van der Waals surface area contributed by atoms with Gasteiger partial charge in [0.05, 0.1) is 18.2 Å². The van der Waals surface area contributed by atoms with Crippen molar-refractivity contribution in [1.82, 2.24) is 10.6 Å². The van der Waals surface area contributed by atoms with Crippen molar-refractivity contribution >= 4 is 50.8 Å². The molecule has 0 saturated heterocycles. The van der Waals surface area contributed by atoms with Gasteiger partial charge in [-0.25, -0.2) is 0 Å². The van der Waals surface area contributed by atoms with Gasteiger partial charge in [-0.15, -0.1) is 0 Å². The van der Waals surface area contributed by atoms with Crippen molar-refractivity contribution in [3.05, 3.63) is 121 Å². The third-order valence-corrected chi connectivity index (χ3v) is 8.93. The number of ether oxygens (including phenoxy) is 2. The number of oxime groups is 1. The Hall–Kier alpha value is -6.23. The highest BCUT2D eigenvalue weighted by Crippen LogP contribution is 2.30. The van der Waals surface area contributed by atoms with Crippen LogP contribution in [-0.4, -0.2) is 65.3 Å². The van der Waals surface area contributed by atoms with Crippen LogP contribution in [0, 0.1) is 5.92 Å². The fourth-order valence-electron chi connectivity index (χ4n) is 6.06. The Labute approximate surface area is 300 Å². The first-order valence-electron chi connectivity index (χ1n) is 17.0. The van der Waals surface area contributed by atoms with Gasteiger partial charge in [0.25, 0.3) is 17.4 Å². The van der Waals surface area contributed by atoms with Crippen LogP contribution in [0.2, 0.25) is 0 Å². The minimum absolute atomic E-state index is 0.103. The number of fused-ring (bicyclic) bond motifs is 2. The molecular formula is C41H39N3O8. The first-order valence-corrected chi connectivity index (χ1v) is 17.0. The highest BCUT2D eigenvalue weighted by molar-refractivity contribution is 6.04. The van der Waals surface area contributed by atoms with Crippen LogP contribution in [0.1, 0.15) is 37.0 Å². The monoisotopic (exact) mass is 701 g/mol. The number of hydrogen-bond donors (Lipinski definition) is 3. The molecule has 2 amide bonds. The minimum Gasteiger partial charge on any atom is -0.489 e. The molecule has 266 valence electrons. The number of nitrogens with zero attached hydrogens (tertiary/aromatic N) is 1. The lowest BCUT2D eigenvalue weighted by atomic mass is 9.89. The van der Waals surface area contributed by atoms with Crippen molar-refractivity contribution in [1.29, 1.82) is 0 Å². The van der Waals surface area contributed by atoms with E-state index in [0.717, 1.165) is 21.5 Å². The summed E-state index contributed by atoms with van der Waals surface area (Å²) in [5.74, 6) is -2.34. The van der Waals surface area contributed by atoms with Gasteiger partial charge in [-0.2, -0.15) is 0 Å². The van der Waals surface area contributed by atoms with Gasteiger partial charge in [-0.1, -0.05) is 97.9 Å². The fraction of sp³-hybridized carbons (Fsp3) is 0.244. The third kappa shape index (κ3) is 8.38. The number of carbonyl (C=O) groups excluding carboxylic acids is 3. The van der Waals surface area contributed by atoms with Crippen LogP contribution in [0.5, 0.6) is 11.5 Å². The number of carbonyl (C=O) groups is 4. The molecule has 1 aliphatic heterocycles. The lowest BCUT2D eigenvalue weighted by Gasteiger charge is -2.28. The van der Waals surface area contributed by atoms with E-state index in [2.05, 4.69) is 15.8 Å². The topological polar surface area (TPSA) is 153 Å². The van der Waals surface area contributed by atoms with E-state index in [0.29, 0.717) is 22.8 Å². The minimum atomic E-state index is -1.79. The number of aliphatic carboxylic acids is 1. The number of hydrogen-bond acceptors (Lipinski definition) is 8. The zero-order valence-electron chi connectivity index (χ0n) is 28.8. The number of nitrogens with one attached hydrogen (secondary N) is 2. The van der Waals surface area contributed by atoms with Crippen LogP contribution in [0.15, 0.2) is 120 Å². The summed E-state index contributed by atoms with van der Waals surface area (Å²) in [6.07, 6.45) is -0.792. The Morgan fingerprint density at radius 1 is 0.769 bits per heavy atom. The molecule has 1 heterocycles. The van der Waals surface area contributed by atoms with Gasteiger partial charge in [0.1, 0.15) is 30.8 Å². The molecule has 0 aromatic heterocycles. The number of ketones is 1. The molecule has 5 aromatic rings. The second kappa shape index (κ2) is 15.8. The molecule has 6 rings (SSSR count). The molecule has 3 unspecified atom stereocenters. The number of amides is 2. The van der Waals surface area contributed by atoms with E-state index in [1.807, 2.05) is 86.6 Å². The van der Waals surface area contributed by atoms with Gasteiger partial charge in [-0.05, 0) is 63.9 Å². The maximum absolute atomic E-state index is 14.1. The Bertz CT molecular complexity index is 2130. The molecule has 0 aliphatic carbocycles. The van der Waals surface area contributed by atoms with E-state index in [1.54, 1.807) is 42.5 Å². The molecule has 3 N–H and O–H groups in total. The molecule has 11 heteroatoms. The molecule has 5 aromatic carbocycles. The average molecular weight is 702 g/mol. The Morgan fingerprint density at radius 3 is 2.08 bits per heavy atom. The lowest BCUT2D eigenvalue weighted by molar-refractivity contribution is -0.151. The van der Waals surface area contributed by atoms with Gasteiger partial charge in [-0.3, -0.25) is 19.2 Å². The molecule has 0 saturated carbocycles. The quantitative estimate of drug-likeness (QED) is 0.121. The van der Waals surface area contributed by atoms with Crippen molar-refractivity contribution in [2.24, 2.45) is 11.1 Å². The normalized spacial score (nSPS) is 16.4. The Kier molecular flexibility index (Phi) is 10.8. The van der Waals surface area contributed by atoms with E-state index in [-0.39, 0.29) is 24.9 Å². The van der Waals surface area contributed by atoms with Crippen LogP contribution >= 0.6 is 0 Å². The van der Waals surface area contributed by atoms with Gasteiger partial charge in [0.2, 0.25) is 0 Å². The predicted octanol–water partition coefficient (Wildman–Crippen LogP) is 5.95. The summed E-state index contributed by atoms with van der Waals surface area (Å²) in [6, 6.07) is 32.9. The Morgan fingerprint density at radius 2 is 1.40 bits per heavy atom. The first kappa shape index (κ1) is 35.6. The van der Waals surface area contributed by atoms with E-state index in [4.69, 9.17) is 14.3 Å². The maximum atomic E-state index is 14.1. The van der Waals surface area contributed by atoms with Crippen molar-refractivity contribution in [3.8, 4) is 11.5 Å². The van der Waals surface area contributed by atoms with Crippen LogP contribution in [0.3, 0.4) is 0 Å². The summed E-state index contributed by atoms with van der Waals surface area (Å²) in [7, 11) is 0. The van der Waals surface area contributed by atoms with Crippen molar-refractivity contribution in [2.75, 3.05) is 13.2 Å². The number of Topliss-reactive ketones (excluding diaryl/α,β-unsaturated/α-hetero) is 1. The molecule has 52 heavy (non-hydrogen) atoms. The number of carboxylic acids is 1. The second-order valence-corrected chi connectivity index (χ2v) is 13.1. The smallest absolute Gasteiger partial charge is 0.305 e. The van der Waals surface area contributed by atoms with E-state index in [9.17, 15) is 24.3 Å².